The largest absolute Gasteiger partial charge is 0.462 e. The van der Waals surface area contributed by atoms with Crippen molar-refractivity contribution in [3.8, 4) is 0 Å². The lowest BCUT2D eigenvalue weighted by molar-refractivity contribution is -0.162. The summed E-state index contributed by atoms with van der Waals surface area (Å²) in [5, 5.41) is 0. The van der Waals surface area contributed by atoms with Gasteiger partial charge < -0.3 is 14.2 Å². The quantitative estimate of drug-likeness (QED) is 0.0346. The van der Waals surface area contributed by atoms with Crippen molar-refractivity contribution in [2.24, 2.45) is 0 Å². The lowest BCUT2D eigenvalue weighted by Gasteiger charge is -2.18. The van der Waals surface area contributed by atoms with Gasteiger partial charge in [-0.1, -0.05) is 268 Å². The smallest absolute Gasteiger partial charge is 0.310 e. The number of esters is 2. The lowest BCUT2D eigenvalue weighted by Crippen LogP contribution is -2.29. The molecule has 0 N–H and O–H groups in total. The van der Waals surface area contributed by atoms with Gasteiger partial charge in [0.25, 0.3) is 0 Å². The van der Waals surface area contributed by atoms with Crippen LogP contribution in [0.4, 0.5) is 0 Å². The Hall–Kier alpha value is -2.40. The summed E-state index contributed by atoms with van der Waals surface area (Å²) in [6.45, 7) is 7.65. The number of carbonyl (C=O) groups excluding carboxylic acids is 2. The number of hydrogen-bond donors (Lipinski definition) is 0. The van der Waals surface area contributed by atoms with Crippen LogP contribution < -0.4 is 0 Å². The minimum absolute atomic E-state index is 0.0495. The van der Waals surface area contributed by atoms with Crippen LogP contribution in [0.5, 0.6) is 0 Å². The number of allylic oxidation sites excluding steroid dienone is 9. The second kappa shape index (κ2) is 52.9. The van der Waals surface area contributed by atoms with Crippen molar-refractivity contribution in [1.29, 1.82) is 0 Å². The Morgan fingerprint density at radius 2 is 0.710 bits per heavy atom. The standard InChI is InChI=1S/C57H102O5/c1-4-7-10-13-16-19-22-25-28-29-31-32-35-38-41-44-47-50-56(58)61-54-55(53-60-52-49-46-43-40-37-34-27-24-21-18-15-12-9-6-3)62-57(59)51-48-45-42-39-36-33-30-26-23-20-17-14-11-8-5-2/h8,11,17,20,26,30,36,39,45,48,55H,4-7,9-10,12-16,18-19,21-25,27-29,31-35,37-38,40-44,46-47,49-54H2,1-3H3/b11-8-,20-17-,30-26-,39-36-,48-45-. The molecule has 0 saturated heterocycles. The molecule has 0 rings (SSSR count). The minimum Gasteiger partial charge on any atom is -0.462 e. The number of rotatable bonds is 49. The van der Waals surface area contributed by atoms with Crippen molar-refractivity contribution in [2.45, 2.75) is 271 Å². The van der Waals surface area contributed by atoms with E-state index in [1.165, 1.54) is 173 Å². The zero-order valence-electron chi connectivity index (χ0n) is 41.4. The van der Waals surface area contributed by atoms with E-state index in [1.807, 2.05) is 12.2 Å². The Balaban J connectivity index is 4.33. The Morgan fingerprint density at radius 3 is 1.10 bits per heavy atom. The normalized spacial score (nSPS) is 12.6. The van der Waals surface area contributed by atoms with Crippen molar-refractivity contribution in [1.82, 2.24) is 0 Å². The molecule has 0 aromatic rings. The van der Waals surface area contributed by atoms with Crippen LogP contribution >= 0.6 is 0 Å². The molecule has 0 amide bonds. The first kappa shape index (κ1) is 59.6. The van der Waals surface area contributed by atoms with Gasteiger partial charge in [-0.3, -0.25) is 9.59 Å². The second-order valence-corrected chi connectivity index (χ2v) is 17.8. The van der Waals surface area contributed by atoms with Gasteiger partial charge in [0.05, 0.1) is 13.0 Å². The molecule has 0 aliphatic rings. The third kappa shape index (κ3) is 50.2. The van der Waals surface area contributed by atoms with Gasteiger partial charge in [-0.25, -0.2) is 0 Å². The van der Waals surface area contributed by atoms with E-state index in [2.05, 4.69) is 69.4 Å². The molecule has 0 saturated carbocycles. The van der Waals surface area contributed by atoms with Gasteiger partial charge in [-0.15, -0.1) is 0 Å². The van der Waals surface area contributed by atoms with Crippen LogP contribution in [0.1, 0.15) is 265 Å². The molecule has 0 radical (unpaired) electrons. The van der Waals surface area contributed by atoms with Crippen LogP contribution in [0.2, 0.25) is 0 Å². The number of carbonyl (C=O) groups is 2. The van der Waals surface area contributed by atoms with Gasteiger partial charge in [0.1, 0.15) is 6.61 Å². The van der Waals surface area contributed by atoms with Crippen LogP contribution in [0.25, 0.3) is 0 Å². The lowest BCUT2D eigenvalue weighted by atomic mass is 10.0. The fourth-order valence-corrected chi connectivity index (χ4v) is 7.65. The van der Waals surface area contributed by atoms with Crippen molar-refractivity contribution >= 4 is 11.9 Å². The molecular weight excluding hydrogens is 765 g/mol. The molecule has 1 unspecified atom stereocenters. The molecule has 5 nitrogen and oxygen atoms in total. The van der Waals surface area contributed by atoms with E-state index in [9.17, 15) is 9.59 Å². The SMILES string of the molecule is CC/C=C\C/C=C\C/C=C\C/C=C\C/C=C\CC(=O)OC(COCCCCCCCCCCCCCCCC)COC(=O)CCCCCCCCCCCCCCCCCCC. The Kier molecular flexibility index (Phi) is 50.9. The van der Waals surface area contributed by atoms with Gasteiger partial charge in [-0.05, 0) is 44.9 Å². The van der Waals surface area contributed by atoms with E-state index >= 15 is 0 Å². The Bertz CT molecular complexity index is 1070. The summed E-state index contributed by atoms with van der Waals surface area (Å²) in [7, 11) is 0. The summed E-state index contributed by atoms with van der Waals surface area (Å²) in [5.74, 6) is -0.530. The third-order valence-electron chi connectivity index (χ3n) is 11.6. The van der Waals surface area contributed by atoms with E-state index in [0.29, 0.717) is 13.0 Å². The maximum absolute atomic E-state index is 12.7. The van der Waals surface area contributed by atoms with Crippen molar-refractivity contribution in [3.63, 3.8) is 0 Å². The summed E-state index contributed by atoms with van der Waals surface area (Å²) in [4.78, 5) is 25.4. The highest BCUT2D eigenvalue weighted by molar-refractivity contribution is 5.71. The summed E-state index contributed by atoms with van der Waals surface area (Å²) < 4.78 is 17.3. The predicted octanol–water partition coefficient (Wildman–Crippen LogP) is 18.1. The van der Waals surface area contributed by atoms with E-state index in [4.69, 9.17) is 14.2 Å². The topological polar surface area (TPSA) is 61.8 Å². The van der Waals surface area contributed by atoms with Crippen LogP contribution in [0, 0.1) is 0 Å². The fourth-order valence-electron chi connectivity index (χ4n) is 7.65. The van der Waals surface area contributed by atoms with E-state index < -0.39 is 6.10 Å². The summed E-state index contributed by atoms with van der Waals surface area (Å²) in [6, 6.07) is 0. The molecular formula is C57H102O5. The number of hydrogen-bond acceptors (Lipinski definition) is 5. The molecule has 0 heterocycles. The average Bonchev–Trinajstić information content (AvgIpc) is 3.27. The highest BCUT2D eigenvalue weighted by atomic mass is 16.6. The molecule has 0 aliphatic carbocycles. The van der Waals surface area contributed by atoms with Crippen LogP contribution in [-0.2, 0) is 23.8 Å². The highest BCUT2D eigenvalue weighted by Gasteiger charge is 2.17. The predicted molar refractivity (Wildman–Crippen MR) is 270 cm³/mol. The van der Waals surface area contributed by atoms with Crippen LogP contribution in [0.3, 0.4) is 0 Å². The molecule has 1 atom stereocenters. The zero-order chi connectivity index (χ0) is 44.9. The van der Waals surface area contributed by atoms with Crippen molar-refractivity contribution in [2.75, 3.05) is 19.8 Å². The zero-order valence-corrected chi connectivity index (χ0v) is 41.4. The molecule has 0 fully saturated rings. The summed E-state index contributed by atoms with van der Waals surface area (Å²) in [6.07, 6.45) is 66.9. The number of unbranched alkanes of at least 4 members (excludes halogenated alkanes) is 29. The van der Waals surface area contributed by atoms with E-state index in [-0.39, 0.29) is 31.6 Å². The maximum atomic E-state index is 12.7. The number of ether oxygens (including phenoxy) is 3. The van der Waals surface area contributed by atoms with Gasteiger partial charge >= 0.3 is 11.9 Å². The first-order chi connectivity index (χ1) is 30.6. The molecule has 62 heavy (non-hydrogen) atoms. The Labute approximate surface area is 385 Å². The summed E-state index contributed by atoms with van der Waals surface area (Å²) in [5.41, 5.74) is 0. The van der Waals surface area contributed by atoms with E-state index in [0.717, 1.165) is 57.8 Å². The van der Waals surface area contributed by atoms with E-state index in [1.54, 1.807) is 0 Å². The first-order valence-electron chi connectivity index (χ1n) is 26.8. The molecule has 360 valence electrons. The molecule has 0 aliphatic heterocycles. The molecule has 0 spiro atoms. The molecule has 0 bridgehead atoms. The average molecular weight is 867 g/mol. The van der Waals surface area contributed by atoms with Gasteiger partial charge in [-0.2, -0.15) is 0 Å². The fraction of sp³-hybridized carbons (Fsp3) is 0.789. The van der Waals surface area contributed by atoms with Crippen LogP contribution in [0.15, 0.2) is 60.8 Å². The maximum Gasteiger partial charge on any atom is 0.310 e. The summed E-state index contributed by atoms with van der Waals surface area (Å²) >= 11 is 0. The first-order valence-corrected chi connectivity index (χ1v) is 26.8. The van der Waals surface area contributed by atoms with Gasteiger partial charge in [0, 0.05) is 13.0 Å². The Morgan fingerprint density at radius 1 is 0.371 bits per heavy atom. The second-order valence-electron chi connectivity index (χ2n) is 17.8. The monoisotopic (exact) mass is 867 g/mol. The minimum atomic E-state index is -0.587. The van der Waals surface area contributed by atoms with Crippen molar-refractivity contribution < 1.29 is 23.8 Å². The molecule has 0 aromatic heterocycles. The van der Waals surface area contributed by atoms with Gasteiger partial charge in [0.15, 0.2) is 6.10 Å². The molecule has 5 heteroatoms. The van der Waals surface area contributed by atoms with Gasteiger partial charge in [0.2, 0.25) is 0 Å². The van der Waals surface area contributed by atoms with Crippen molar-refractivity contribution in [3.05, 3.63) is 60.8 Å². The highest BCUT2D eigenvalue weighted by Crippen LogP contribution is 2.16. The van der Waals surface area contributed by atoms with Crippen LogP contribution in [-0.4, -0.2) is 37.9 Å². The molecule has 0 aromatic carbocycles. The third-order valence-corrected chi connectivity index (χ3v) is 11.6.